The molecule has 1 N–H and O–H groups in total. The molecule has 0 radical (unpaired) electrons. The highest BCUT2D eigenvalue weighted by atomic mass is 16.3. The molecule has 2 unspecified atom stereocenters. The van der Waals surface area contributed by atoms with Gasteiger partial charge in [0.1, 0.15) is 5.76 Å². The van der Waals surface area contributed by atoms with Crippen LogP contribution in [0.15, 0.2) is 57.4 Å². The molecule has 0 spiro atoms. The largest absolute Gasteiger partial charge is 0.463 e. The van der Waals surface area contributed by atoms with Gasteiger partial charge in [-0.15, -0.1) is 0 Å². The minimum absolute atomic E-state index is 0.197. The van der Waals surface area contributed by atoms with E-state index >= 15 is 0 Å². The van der Waals surface area contributed by atoms with Gasteiger partial charge in [-0.2, -0.15) is 0 Å². The molecule has 138 valence electrons. The van der Waals surface area contributed by atoms with Crippen LogP contribution in [0.5, 0.6) is 0 Å². The first-order valence-corrected chi connectivity index (χ1v) is 9.60. The van der Waals surface area contributed by atoms with Crippen molar-refractivity contribution < 1.29 is 4.42 Å². The van der Waals surface area contributed by atoms with E-state index < -0.39 is 0 Å². The lowest BCUT2D eigenvalue weighted by atomic mass is 9.99. The number of nitrogens with one attached hydrogen (secondary N) is 1. The van der Waals surface area contributed by atoms with E-state index in [2.05, 4.69) is 54.2 Å². The lowest BCUT2D eigenvalue weighted by Crippen LogP contribution is -2.47. The Balaban J connectivity index is 1.80. The summed E-state index contributed by atoms with van der Waals surface area (Å²) in [6, 6.07) is 4.18. The fourth-order valence-corrected chi connectivity index (χ4v) is 3.70. The molecule has 5 nitrogen and oxygen atoms in total. The number of furan rings is 1. The smallest absolute Gasteiger partial charge is 0.156 e. The Labute approximate surface area is 155 Å². The molecule has 2 atom stereocenters. The van der Waals surface area contributed by atoms with Crippen molar-refractivity contribution in [3.8, 4) is 0 Å². The van der Waals surface area contributed by atoms with Crippen molar-refractivity contribution in [2.45, 2.75) is 33.2 Å². The number of amidine groups is 1. The van der Waals surface area contributed by atoms with Crippen molar-refractivity contribution in [2.24, 2.45) is 10.9 Å². The Hall–Kier alpha value is -2.27. The zero-order chi connectivity index (χ0) is 18.1. The standard InChI is InChI=1S/C21H28N4O/c1-15-6-7-18(24-10-8-22-9-11-24)21-23-17(3)16(2)14-25(21)19(13-15)20-5-4-12-26-20/h4-5,7,12-15,17,22H,6,8-11H2,1-3H3. The van der Waals surface area contributed by atoms with Crippen molar-refractivity contribution in [3.63, 3.8) is 0 Å². The highest BCUT2D eigenvalue weighted by molar-refractivity contribution is 6.04. The average Bonchev–Trinajstić information content (AvgIpc) is 3.17. The lowest BCUT2D eigenvalue weighted by molar-refractivity contribution is 0.306. The van der Waals surface area contributed by atoms with Crippen LogP contribution in [-0.2, 0) is 0 Å². The van der Waals surface area contributed by atoms with E-state index in [0.717, 1.165) is 49.9 Å². The number of allylic oxidation sites excluding steroid dienone is 2. The molecule has 1 aromatic heterocycles. The average molecular weight is 352 g/mol. The van der Waals surface area contributed by atoms with Gasteiger partial charge < -0.3 is 14.6 Å². The summed E-state index contributed by atoms with van der Waals surface area (Å²) < 4.78 is 5.77. The minimum Gasteiger partial charge on any atom is -0.463 e. The second-order valence-electron chi connectivity index (χ2n) is 7.44. The number of piperazine rings is 1. The van der Waals surface area contributed by atoms with Crippen LogP contribution in [0.2, 0.25) is 0 Å². The van der Waals surface area contributed by atoms with Gasteiger partial charge in [0.25, 0.3) is 0 Å². The van der Waals surface area contributed by atoms with Gasteiger partial charge in [0.05, 0.1) is 23.7 Å². The van der Waals surface area contributed by atoms with Crippen LogP contribution in [0.3, 0.4) is 0 Å². The van der Waals surface area contributed by atoms with Crippen LogP contribution >= 0.6 is 0 Å². The van der Waals surface area contributed by atoms with E-state index in [9.17, 15) is 0 Å². The maximum atomic E-state index is 5.77. The van der Waals surface area contributed by atoms with Gasteiger partial charge in [0.15, 0.2) is 5.84 Å². The maximum Gasteiger partial charge on any atom is 0.156 e. The van der Waals surface area contributed by atoms with Crippen LogP contribution < -0.4 is 5.32 Å². The second-order valence-corrected chi connectivity index (χ2v) is 7.44. The highest BCUT2D eigenvalue weighted by Crippen LogP contribution is 2.32. The Morgan fingerprint density at radius 3 is 2.73 bits per heavy atom. The zero-order valence-electron chi connectivity index (χ0n) is 15.9. The third-order valence-electron chi connectivity index (χ3n) is 5.38. The molecule has 0 amide bonds. The lowest BCUT2D eigenvalue weighted by Gasteiger charge is -2.39. The van der Waals surface area contributed by atoms with Gasteiger partial charge in [-0.1, -0.05) is 19.1 Å². The van der Waals surface area contributed by atoms with Gasteiger partial charge in [-0.05, 0) is 43.9 Å². The maximum absolute atomic E-state index is 5.77. The molecule has 5 heteroatoms. The van der Waals surface area contributed by atoms with Crippen molar-refractivity contribution in [1.29, 1.82) is 0 Å². The molecule has 3 aliphatic rings. The highest BCUT2D eigenvalue weighted by Gasteiger charge is 2.30. The Morgan fingerprint density at radius 2 is 2.00 bits per heavy atom. The van der Waals surface area contributed by atoms with Crippen LogP contribution in [0.1, 0.15) is 33.0 Å². The molecule has 0 saturated carbocycles. The summed E-state index contributed by atoms with van der Waals surface area (Å²) in [7, 11) is 0. The summed E-state index contributed by atoms with van der Waals surface area (Å²) in [5, 5.41) is 3.45. The van der Waals surface area contributed by atoms with E-state index in [1.165, 1.54) is 11.3 Å². The third-order valence-corrected chi connectivity index (χ3v) is 5.38. The fraction of sp³-hybridized carbons (Fsp3) is 0.476. The quantitative estimate of drug-likeness (QED) is 0.885. The molecule has 1 fully saturated rings. The summed E-state index contributed by atoms with van der Waals surface area (Å²) in [4.78, 5) is 9.80. The number of hydrogen-bond donors (Lipinski definition) is 1. The molecule has 1 aromatic rings. The molecule has 1 saturated heterocycles. The third kappa shape index (κ3) is 3.23. The molecule has 0 aliphatic carbocycles. The summed E-state index contributed by atoms with van der Waals surface area (Å²) in [6.07, 6.45) is 9.66. The van der Waals surface area contributed by atoms with E-state index in [1.807, 2.05) is 12.1 Å². The SMILES string of the molecule is CC1=CN2C(c3ccco3)=CC(C)CC=C(N3CCNCC3)C2=NC1C. The molecule has 26 heavy (non-hydrogen) atoms. The van der Waals surface area contributed by atoms with Crippen LogP contribution in [0, 0.1) is 5.92 Å². The fourth-order valence-electron chi connectivity index (χ4n) is 3.70. The summed E-state index contributed by atoms with van der Waals surface area (Å²) in [5.41, 5.74) is 3.61. The number of aliphatic imine (C=N–C) groups is 1. The summed E-state index contributed by atoms with van der Waals surface area (Å²) in [6.45, 7) is 10.7. The number of hydrogen-bond acceptors (Lipinski definition) is 5. The Kier molecular flexibility index (Phi) is 4.72. The van der Waals surface area contributed by atoms with E-state index in [1.54, 1.807) is 6.26 Å². The van der Waals surface area contributed by atoms with Crippen LogP contribution in [0.25, 0.3) is 5.70 Å². The minimum atomic E-state index is 0.197. The molecule has 0 aromatic carbocycles. The van der Waals surface area contributed by atoms with Crippen LogP contribution in [-0.4, -0.2) is 47.9 Å². The van der Waals surface area contributed by atoms with E-state index in [-0.39, 0.29) is 6.04 Å². The van der Waals surface area contributed by atoms with Gasteiger partial charge in [-0.25, -0.2) is 0 Å². The first kappa shape index (κ1) is 17.2. The van der Waals surface area contributed by atoms with Crippen molar-refractivity contribution >= 4 is 11.5 Å². The van der Waals surface area contributed by atoms with Crippen molar-refractivity contribution in [3.05, 3.63) is 53.8 Å². The molecular formula is C21H28N4O. The first-order chi connectivity index (χ1) is 12.6. The summed E-state index contributed by atoms with van der Waals surface area (Å²) >= 11 is 0. The monoisotopic (exact) mass is 352 g/mol. The molecular weight excluding hydrogens is 324 g/mol. The topological polar surface area (TPSA) is 44.0 Å². The van der Waals surface area contributed by atoms with Crippen molar-refractivity contribution in [2.75, 3.05) is 26.2 Å². The van der Waals surface area contributed by atoms with Crippen LogP contribution in [0.4, 0.5) is 0 Å². The van der Waals surface area contributed by atoms with Gasteiger partial charge in [-0.3, -0.25) is 9.89 Å². The van der Waals surface area contributed by atoms with E-state index in [4.69, 9.17) is 9.41 Å². The molecule has 4 heterocycles. The summed E-state index contributed by atoms with van der Waals surface area (Å²) in [5.74, 6) is 2.37. The number of rotatable bonds is 2. The van der Waals surface area contributed by atoms with Gasteiger partial charge in [0.2, 0.25) is 0 Å². The molecule has 0 bridgehead atoms. The zero-order valence-corrected chi connectivity index (χ0v) is 15.9. The predicted octanol–water partition coefficient (Wildman–Crippen LogP) is 3.46. The molecule has 4 rings (SSSR count). The Bertz CT molecular complexity index is 766. The predicted molar refractivity (Wildman–Crippen MR) is 105 cm³/mol. The normalized spacial score (nSPS) is 26.9. The van der Waals surface area contributed by atoms with Gasteiger partial charge >= 0.3 is 0 Å². The second kappa shape index (κ2) is 7.16. The molecule has 3 aliphatic heterocycles. The number of nitrogens with zero attached hydrogens (tertiary/aromatic N) is 3. The van der Waals surface area contributed by atoms with E-state index in [0.29, 0.717) is 5.92 Å². The first-order valence-electron chi connectivity index (χ1n) is 9.60. The van der Waals surface area contributed by atoms with Gasteiger partial charge in [0, 0.05) is 32.4 Å². The number of fused-ring (bicyclic) bond motifs is 1. The van der Waals surface area contributed by atoms with Crippen molar-refractivity contribution in [1.82, 2.24) is 15.1 Å². The Morgan fingerprint density at radius 1 is 1.19 bits per heavy atom.